The lowest BCUT2D eigenvalue weighted by Gasteiger charge is -2.36. The second-order valence-electron chi connectivity index (χ2n) is 6.39. The number of hydrogen-bond acceptors (Lipinski definition) is 3. The summed E-state index contributed by atoms with van der Waals surface area (Å²) in [5.74, 6) is 0.205. The molecule has 4 heteroatoms. The van der Waals surface area contributed by atoms with Crippen LogP contribution in [0.4, 0.5) is 0 Å². The van der Waals surface area contributed by atoms with Gasteiger partial charge < -0.3 is 10.0 Å². The molecule has 0 radical (unpaired) electrons. The lowest BCUT2D eigenvalue weighted by atomic mass is 9.99. The van der Waals surface area contributed by atoms with Gasteiger partial charge in [0.25, 0.3) is 5.91 Å². The number of nitrogens with zero attached hydrogens (tertiary/aromatic N) is 1. The summed E-state index contributed by atoms with van der Waals surface area (Å²) in [6, 6.07) is 2.63. The number of aliphatic hydroxyl groups excluding tert-OH is 1. The third-order valence-corrected chi connectivity index (χ3v) is 6.13. The second-order valence-corrected chi connectivity index (χ2v) is 7.52. The Morgan fingerprint density at radius 2 is 2.00 bits per heavy atom. The van der Waals surface area contributed by atoms with Gasteiger partial charge in [-0.15, -0.1) is 11.3 Å². The van der Waals surface area contributed by atoms with Gasteiger partial charge in [-0.25, -0.2) is 0 Å². The van der Waals surface area contributed by atoms with Crippen LogP contribution >= 0.6 is 11.3 Å². The topological polar surface area (TPSA) is 40.5 Å². The molecule has 2 unspecified atom stereocenters. The van der Waals surface area contributed by atoms with Crippen molar-refractivity contribution >= 4 is 17.2 Å². The lowest BCUT2D eigenvalue weighted by molar-refractivity contribution is 0.0290. The van der Waals surface area contributed by atoms with Crippen LogP contribution in [-0.4, -0.2) is 34.1 Å². The molecule has 3 nitrogen and oxygen atoms in total. The molecule has 2 atom stereocenters. The van der Waals surface area contributed by atoms with Gasteiger partial charge in [0.15, 0.2) is 0 Å². The maximum atomic E-state index is 12.9. The molecule has 0 spiro atoms. The zero-order valence-corrected chi connectivity index (χ0v) is 13.8. The number of aliphatic hydroxyl groups is 1. The minimum atomic E-state index is -0.211. The predicted octanol–water partition coefficient (Wildman–Crippen LogP) is 3.39. The molecule has 1 N–H and O–H groups in total. The van der Waals surface area contributed by atoms with Gasteiger partial charge in [0, 0.05) is 17.0 Å². The highest BCUT2D eigenvalue weighted by atomic mass is 32.1. The Labute approximate surface area is 131 Å². The molecule has 3 rings (SSSR count). The number of rotatable bonds is 4. The van der Waals surface area contributed by atoms with Crippen LogP contribution in [0.3, 0.4) is 0 Å². The molecule has 2 fully saturated rings. The molecule has 3 heterocycles. The first-order valence-electron chi connectivity index (χ1n) is 8.26. The lowest BCUT2D eigenvalue weighted by Crippen LogP contribution is -2.47. The number of thiophene rings is 1. The smallest absolute Gasteiger partial charge is 0.264 e. The molecular weight excluding hydrogens is 282 g/mol. The molecule has 21 heavy (non-hydrogen) atoms. The van der Waals surface area contributed by atoms with Crippen molar-refractivity contribution in [3.8, 4) is 0 Å². The van der Waals surface area contributed by atoms with Crippen LogP contribution in [0.2, 0.25) is 0 Å². The highest BCUT2D eigenvalue weighted by Gasteiger charge is 2.43. The highest BCUT2D eigenvalue weighted by Crippen LogP contribution is 2.38. The number of carbonyl (C=O) groups is 1. The van der Waals surface area contributed by atoms with E-state index in [1.807, 2.05) is 0 Å². The van der Waals surface area contributed by atoms with Crippen LogP contribution in [0.1, 0.15) is 66.1 Å². The van der Waals surface area contributed by atoms with E-state index in [-0.39, 0.29) is 24.1 Å². The maximum Gasteiger partial charge on any atom is 0.264 e. The van der Waals surface area contributed by atoms with Gasteiger partial charge in [-0.3, -0.25) is 4.79 Å². The monoisotopic (exact) mass is 307 g/mol. The summed E-state index contributed by atoms with van der Waals surface area (Å²) in [5.41, 5.74) is 1.34. The van der Waals surface area contributed by atoms with Gasteiger partial charge in [-0.1, -0.05) is 20.3 Å². The Hall–Kier alpha value is -0.870. The molecule has 0 aliphatic carbocycles. The van der Waals surface area contributed by atoms with E-state index in [0.717, 1.165) is 49.8 Å². The Bertz CT molecular complexity index is 511. The number of hydrogen-bond donors (Lipinski definition) is 1. The summed E-state index contributed by atoms with van der Waals surface area (Å²) in [7, 11) is 0. The van der Waals surface area contributed by atoms with Gasteiger partial charge in [0.05, 0.1) is 11.0 Å². The van der Waals surface area contributed by atoms with E-state index in [0.29, 0.717) is 0 Å². The molecule has 1 aromatic heterocycles. The molecule has 0 saturated carbocycles. The normalized spacial score (nSPS) is 28.1. The fourth-order valence-electron chi connectivity index (χ4n) is 3.92. The van der Waals surface area contributed by atoms with Gasteiger partial charge in [-0.05, 0) is 50.2 Å². The van der Waals surface area contributed by atoms with Crippen LogP contribution in [-0.2, 0) is 12.8 Å². The summed E-state index contributed by atoms with van der Waals surface area (Å²) < 4.78 is 0. The van der Waals surface area contributed by atoms with Crippen LogP contribution in [0.5, 0.6) is 0 Å². The highest BCUT2D eigenvalue weighted by molar-refractivity contribution is 7.14. The predicted molar refractivity (Wildman–Crippen MR) is 85.9 cm³/mol. The fourth-order valence-corrected chi connectivity index (χ4v) is 5.22. The first kappa shape index (κ1) is 15.0. The van der Waals surface area contributed by atoms with E-state index >= 15 is 0 Å². The van der Waals surface area contributed by atoms with Crippen LogP contribution in [0, 0.1) is 0 Å². The molecule has 2 bridgehead atoms. The zero-order valence-electron chi connectivity index (χ0n) is 13.0. The molecule has 2 aliphatic heterocycles. The Morgan fingerprint density at radius 1 is 1.33 bits per heavy atom. The Morgan fingerprint density at radius 3 is 2.57 bits per heavy atom. The largest absolute Gasteiger partial charge is 0.393 e. The van der Waals surface area contributed by atoms with Crippen LogP contribution in [0.25, 0.3) is 0 Å². The number of piperidine rings is 1. The number of carbonyl (C=O) groups excluding carboxylic acids is 1. The average molecular weight is 307 g/mol. The van der Waals surface area contributed by atoms with Crippen LogP contribution < -0.4 is 0 Å². The summed E-state index contributed by atoms with van der Waals surface area (Å²) in [6.07, 6.45) is 6.63. The Balaban J connectivity index is 1.82. The minimum absolute atomic E-state index is 0.205. The molecule has 2 saturated heterocycles. The van der Waals surface area contributed by atoms with Gasteiger partial charge in [0.1, 0.15) is 0 Å². The van der Waals surface area contributed by atoms with Gasteiger partial charge in [-0.2, -0.15) is 0 Å². The molecule has 116 valence electrons. The number of fused-ring (bicyclic) bond motifs is 2. The van der Waals surface area contributed by atoms with E-state index in [1.54, 1.807) is 11.3 Å². The van der Waals surface area contributed by atoms with Crippen molar-refractivity contribution in [2.45, 2.75) is 77.0 Å². The minimum Gasteiger partial charge on any atom is -0.393 e. The SMILES string of the molecule is CCCc1sc(C(=O)N2C3CCC2CC(O)C3)cc1CC. The van der Waals surface area contributed by atoms with Gasteiger partial charge >= 0.3 is 0 Å². The number of aryl methyl sites for hydroxylation is 2. The van der Waals surface area contributed by atoms with Crippen molar-refractivity contribution in [3.05, 3.63) is 21.4 Å². The first-order chi connectivity index (χ1) is 10.1. The quantitative estimate of drug-likeness (QED) is 0.926. The molecule has 2 aliphatic rings. The second kappa shape index (κ2) is 6.09. The first-order valence-corrected chi connectivity index (χ1v) is 9.08. The van der Waals surface area contributed by atoms with Crippen LogP contribution in [0.15, 0.2) is 6.07 Å². The summed E-state index contributed by atoms with van der Waals surface area (Å²) in [5, 5.41) is 9.88. The number of amides is 1. The van der Waals surface area contributed by atoms with E-state index < -0.39 is 0 Å². The van der Waals surface area contributed by atoms with Crippen molar-refractivity contribution in [2.24, 2.45) is 0 Å². The van der Waals surface area contributed by atoms with Crippen molar-refractivity contribution in [2.75, 3.05) is 0 Å². The summed E-state index contributed by atoms with van der Waals surface area (Å²) in [4.78, 5) is 17.3. The summed E-state index contributed by atoms with van der Waals surface area (Å²) in [6.45, 7) is 4.35. The van der Waals surface area contributed by atoms with E-state index in [9.17, 15) is 9.90 Å². The molecule has 0 aromatic carbocycles. The third kappa shape index (κ3) is 2.76. The molecule has 1 aromatic rings. The third-order valence-electron chi connectivity index (χ3n) is 4.91. The summed E-state index contributed by atoms with van der Waals surface area (Å²) >= 11 is 1.69. The van der Waals surface area contributed by atoms with Crippen molar-refractivity contribution < 1.29 is 9.90 Å². The average Bonchev–Trinajstić information content (AvgIpc) is 2.98. The van der Waals surface area contributed by atoms with Crippen molar-refractivity contribution in [1.82, 2.24) is 4.90 Å². The molecule has 1 amide bonds. The van der Waals surface area contributed by atoms with Gasteiger partial charge in [0.2, 0.25) is 0 Å². The van der Waals surface area contributed by atoms with Crippen molar-refractivity contribution in [1.29, 1.82) is 0 Å². The van der Waals surface area contributed by atoms with E-state index in [1.165, 1.54) is 10.4 Å². The zero-order chi connectivity index (χ0) is 15.0. The standard InChI is InChI=1S/C17H25NO2S/c1-3-5-15-11(4-2)8-16(21-15)17(20)18-12-6-7-13(18)10-14(19)9-12/h8,12-14,19H,3-7,9-10H2,1-2H3. The van der Waals surface area contributed by atoms with E-state index in [2.05, 4.69) is 24.8 Å². The molecular formula is C17H25NO2S. The van der Waals surface area contributed by atoms with E-state index in [4.69, 9.17) is 0 Å². The fraction of sp³-hybridized carbons (Fsp3) is 0.706. The van der Waals surface area contributed by atoms with Crippen molar-refractivity contribution in [3.63, 3.8) is 0 Å². The maximum absolute atomic E-state index is 12.9. The Kier molecular flexibility index (Phi) is 4.36.